The third kappa shape index (κ3) is 8.70. The van der Waals surface area contributed by atoms with Gasteiger partial charge >= 0.3 is 0 Å². The standard InChI is InChI=1S/C60H55N4O.Pt/c1-41-17-15-23-49(43-19-9-8-10-20-43)48(41)32-34-62-40-63(56-26-14-13-25-55(56)62)46-21-16-18-42(35-46)39-65-47-28-30-52-51-22-11-12-24-54(51)64(57(52)38-47)58-36-44(31-33-61-58)50-29-27-45(59(2,3)4)37-53(50)60(5,6)7;/h8-31,33,36-37,40H,32,34,39H2,1-7H3;/q-3;/i1D3;. The van der Waals surface area contributed by atoms with Crippen LogP contribution < -0.4 is 14.5 Å². The average molecular weight is 1050 g/mol. The molecule has 2 aromatic heterocycles. The maximum atomic E-state index is 8.39. The normalized spacial score (nSPS) is 13.6. The molecule has 0 radical (unpaired) electrons. The molecule has 0 amide bonds. The fourth-order valence-electron chi connectivity index (χ4n) is 9.19. The van der Waals surface area contributed by atoms with Gasteiger partial charge in [0, 0.05) is 54.0 Å². The molecule has 0 bridgehead atoms. The van der Waals surface area contributed by atoms with Crippen molar-refractivity contribution in [3.05, 3.63) is 211 Å². The topological polar surface area (TPSA) is 33.5 Å². The number of aryl methyl sites for hydroxylation is 1. The summed E-state index contributed by atoms with van der Waals surface area (Å²) in [6.45, 7) is 14.4. The molecule has 0 fully saturated rings. The van der Waals surface area contributed by atoms with Crippen molar-refractivity contribution in [2.45, 2.75) is 72.3 Å². The van der Waals surface area contributed by atoms with E-state index in [4.69, 9.17) is 13.8 Å². The third-order valence-corrected chi connectivity index (χ3v) is 12.6. The van der Waals surface area contributed by atoms with Crippen molar-refractivity contribution < 1.29 is 29.9 Å². The molecule has 0 atom stereocenters. The van der Waals surface area contributed by atoms with Gasteiger partial charge in [0.25, 0.3) is 0 Å². The van der Waals surface area contributed by atoms with E-state index in [0.29, 0.717) is 24.3 Å². The predicted molar refractivity (Wildman–Crippen MR) is 270 cm³/mol. The summed E-state index contributed by atoms with van der Waals surface area (Å²) in [5.74, 6) is 1.44. The van der Waals surface area contributed by atoms with Gasteiger partial charge in [0.15, 0.2) is 0 Å². The molecular formula is C60H55N4OPt-3. The Balaban J connectivity index is 0.00000593. The van der Waals surface area contributed by atoms with Gasteiger partial charge in [-0.3, -0.25) is 0 Å². The summed E-state index contributed by atoms with van der Waals surface area (Å²) in [5, 5.41) is 2.20. The Hall–Kier alpha value is -6.42. The Labute approximate surface area is 409 Å². The van der Waals surface area contributed by atoms with Gasteiger partial charge < -0.3 is 19.1 Å². The molecule has 0 aliphatic carbocycles. The van der Waals surface area contributed by atoms with Gasteiger partial charge in [-0.2, -0.15) is 37.0 Å². The van der Waals surface area contributed by atoms with Crippen molar-refractivity contribution in [2.24, 2.45) is 0 Å². The molecule has 1 aliphatic rings. The smallest absolute Gasteiger partial charge is 0.136 e. The molecule has 7 aromatic carbocycles. The van der Waals surface area contributed by atoms with Gasteiger partial charge in [0.1, 0.15) is 5.82 Å². The first-order valence-electron chi connectivity index (χ1n) is 24.0. The molecule has 1 aliphatic heterocycles. The Morgan fingerprint density at radius 3 is 2.24 bits per heavy atom. The Morgan fingerprint density at radius 1 is 0.667 bits per heavy atom. The minimum atomic E-state index is -2.24. The maximum Gasteiger partial charge on any atom is 0.136 e. The molecule has 0 unspecified atom stereocenters. The minimum Gasteiger partial charge on any atom is -0.517 e. The molecule has 0 spiro atoms. The molecule has 3 heterocycles. The second kappa shape index (κ2) is 18.1. The number of hydrogen-bond acceptors (Lipinski definition) is 4. The van der Waals surface area contributed by atoms with Crippen LogP contribution in [-0.2, 0) is 44.9 Å². The summed E-state index contributed by atoms with van der Waals surface area (Å²) in [5.41, 5.74) is 13.9. The largest absolute Gasteiger partial charge is 0.517 e. The molecule has 10 rings (SSSR count). The Bertz CT molecular complexity index is 3310. The van der Waals surface area contributed by atoms with E-state index >= 15 is 0 Å². The number of pyridine rings is 1. The van der Waals surface area contributed by atoms with Crippen molar-refractivity contribution in [1.82, 2.24) is 9.55 Å². The van der Waals surface area contributed by atoms with Crippen molar-refractivity contribution in [3.63, 3.8) is 0 Å². The number of anilines is 3. The second-order valence-corrected chi connectivity index (χ2v) is 19.1. The van der Waals surface area contributed by atoms with Gasteiger partial charge in [-0.15, -0.1) is 28.8 Å². The first-order chi connectivity index (χ1) is 32.6. The van der Waals surface area contributed by atoms with Gasteiger partial charge in [-0.25, -0.2) is 4.98 Å². The van der Waals surface area contributed by atoms with Crippen LogP contribution in [-0.4, -0.2) is 16.1 Å². The zero-order valence-electron chi connectivity index (χ0n) is 41.3. The summed E-state index contributed by atoms with van der Waals surface area (Å²) in [6.07, 6.45) is 2.45. The fourth-order valence-corrected chi connectivity index (χ4v) is 9.19. The molecule has 9 aromatic rings. The number of fused-ring (bicyclic) bond motifs is 4. The second-order valence-electron chi connectivity index (χ2n) is 19.1. The average Bonchev–Trinajstić information content (AvgIpc) is 3.87. The van der Waals surface area contributed by atoms with Crippen molar-refractivity contribution in [1.29, 1.82) is 0 Å². The molecule has 0 saturated carbocycles. The number of benzene rings is 7. The van der Waals surface area contributed by atoms with Gasteiger partial charge in [-0.1, -0.05) is 144 Å². The van der Waals surface area contributed by atoms with Crippen LogP contribution in [0.1, 0.15) is 73.5 Å². The first-order valence-corrected chi connectivity index (χ1v) is 22.5. The molecular weight excluding hydrogens is 988 g/mol. The molecule has 0 N–H and O–H groups in total. The maximum absolute atomic E-state index is 8.39. The van der Waals surface area contributed by atoms with E-state index < -0.39 is 6.85 Å². The van der Waals surface area contributed by atoms with E-state index in [-0.39, 0.29) is 38.5 Å². The first kappa shape index (κ1) is 41.0. The van der Waals surface area contributed by atoms with Crippen LogP contribution in [0.2, 0.25) is 0 Å². The number of rotatable bonds is 10. The molecule has 0 saturated heterocycles. The zero-order chi connectivity index (χ0) is 47.4. The van der Waals surface area contributed by atoms with E-state index in [1.807, 2.05) is 79.0 Å². The summed E-state index contributed by atoms with van der Waals surface area (Å²) >= 11 is 0. The summed E-state index contributed by atoms with van der Waals surface area (Å²) in [4.78, 5) is 9.32. The predicted octanol–water partition coefficient (Wildman–Crippen LogP) is 14.9. The SMILES string of the molecule is [2H]C([2H])([2H])c1cccc(-c2ccccc2)c1CCN1[CH-]N(c2[c-]c(COc3[c-]c4c(cc3)c3ccccc3n4-c3cc(-c4ccc(C(C)(C)C)cc4C(C)(C)C)ccn3)ccc2)c2ccccc21.[Pt]. The molecule has 5 nitrogen and oxygen atoms in total. The minimum absolute atomic E-state index is 0. The Kier molecular flexibility index (Phi) is 11.3. The van der Waals surface area contributed by atoms with Crippen molar-refractivity contribution in [3.8, 4) is 33.8 Å². The van der Waals surface area contributed by atoms with Crippen LogP contribution in [0.3, 0.4) is 0 Å². The van der Waals surface area contributed by atoms with Crippen molar-refractivity contribution >= 4 is 38.9 Å². The van der Waals surface area contributed by atoms with Gasteiger partial charge in [-0.05, 0) is 111 Å². The molecule has 334 valence electrons. The number of nitrogens with zero attached hydrogens (tertiary/aromatic N) is 4. The van der Waals surface area contributed by atoms with E-state index in [2.05, 4.69) is 154 Å². The van der Waals surface area contributed by atoms with Gasteiger partial charge in [0.2, 0.25) is 0 Å². The zero-order valence-corrected chi connectivity index (χ0v) is 40.6. The van der Waals surface area contributed by atoms with Gasteiger partial charge in [0.05, 0.1) is 6.61 Å². The molecule has 6 heteroatoms. The van der Waals surface area contributed by atoms with E-state index in [1.54, 1.807) is 6.07 Å². The third-order valence-electron chi connectivity index (χ3n) is 12.6. The van der Waals surface area contributed by atoms with E-state index in [0.717, 1.165) is 72.5 Å². The van der Waals surface area contributed by atoms with Crippen LogP contribution in [0.15, 0.2) is 164 Å². The summed E-state index contributed by atoms with van der Waals surface area (Å²) in [6, 6.07) is 61.1. The van der Waals surface area contributed by atoms with Crippen LogP contribution in [0.25, 0.3) is 49.9 Å². The van der Waals surface area contributed by atoms with Crippen LogP contribution >= 0.6 is 0 Å². The summed E-state index contributed by atoms with van der Waals surface area (Å²) < 4.78 is 33.9. The van der Waals surface area contributed by atoms with E-state index in [1.165, 1.54) is 16.7 Å². The number of aromatic nitrogens is 2. The number of para-hydroxylation sites is 3. The Morgan fingerprint density at radius 2 is 1.44 bits per heavy atom. The number of ether oxygens (including phenoxy) is 1. The fraction of sp³-hybridized carbons (Fsp3) is 0.200. The van der Waals surface area contributed by atoms with Crippen LogP contribution in [0, 0.1) is 25.7 Å². The van der Waals surface area contributed by atoms with Crippen molar-refractivity contribution in [2.75, 3.05) is 16.3 Å². The monoisotopic (exact) mass is 1050 g/mol. The van der Waals surface area contributed by atoms with Crippen LogP contribution in [0.4, 0.5) is 17.1 Å². The summed E-state index contributed by atoms with van der Waals surface area (Å²) in [7, 11) is 0. The molecule has 66 heavy (non-hydrogen) atoms. The van der Waals surface area contributed by atoms with Crippen LogP contribution in [0.5, 0.6) is 5.75 Å². The quantitative estimate of drug-likeness (QED) is 0.128. The van der Waals surface area contributed by atoms with E-state index in [9.17, 15) is 0 Å². The number of hydrogen-bond donors (Lipinski definition) is 0.